The number of nitrogens with one attached hydrogen (secondary N) is 1. The molecule has 1 heterocycles. The van der Waals surface area contributed by atoms with Gasteiger partial charge in [-0.15, -0.1) is 11.3 Å². The van der Waals surface area contributed by atoms with E-state index in [9.17, 15) is 4.79 Å². The van der Waals surface area contributed by atoms with E-state index in [0.29, 0.717) is 17.2 Å². The highest BCUT2D eigenvalue weighted by atomic mass is 32.1. The number of nitrogens with zero attached hydrogens (tertiary/aromatic N) is 1. The van der Waals surface area contributed by atoms with Crippen LogP contribution in [0.2, 0.25) is 0 Å². The monoisotopic (exact) mass is 296 g/mol. The number of amides is 1. The van der Waals surface area contributed by atoms with E-state index < -0.39 is 0 Å². The molecule has 0 fully saturated rings. The SMILES string of the molecule is CC1CCc2sc(C(=O)Nc3cccc(C#N)c3)cc2C1. The standard InChI is InChI=1S/C17H16N2OS/c1-11-5-6-15-13(7-11)9-16(21-15)17(20)19-14-4-2-3-12(8-14)10-18/h2-4,8-9,11H,5-7H2,1H3,(H,19,20). The first-order chi connectivity index (χ1) is 10.2. The number of aryl methyl sites for hydroxylation is 1. The van der Waals surface area contributed by atoms with Gasteiger partial charge in [0.1, 0.15) is 0 Å². The third kappa shape index (κ3) is 2.98. The molecule has 0 saturated heterocycles. The molecule has 3 nitrogen and oxygen atoms in total. The first-order valence-electron chi connectivity index (χ1n) is 7.09. The molecule has 1 aliphatic carbocycles. The zero-order valence-corrected chi connectivity index (χ0v) is 12.7. The minimum atomic E-state index is -0.0860. The van der Waals surface area contributed by atoms with Crippen molar-refractivity contribution < 1.29 is 4.79 Å². The first-order valence-corrected chi connectivity index (χ1v) is 7.90. The van der Waals surface area contributed by atoms with Crippen LogP contribution in [-0.2, 0) is 12.8 Å². The van der Waals surface area contributed by atoms with E-state index in [1.807, 2.05) is 6.07 Å². The molecule has 1 unspecified atom stereocenters. The lowest BCUT2D eigenvalue weighted by molar-refractivity contribution is 0.103. The highest BCUT2D eigenvalue weighted by molar-refractivity contribution is 7.14. The summed E-state index contributed by atoms with van der Waals surface area (Å²) in [6.45, 7) is 2.26. The molecule has 2 aromatic rings. The summed E-state index contributed by atoms with van der Waals surface area (Å²) in [5.41, 5.74) is 2.54. The molecule has 0 radical (unpaired) electrons. The third-order valence-electron chi connectivity index (χ3n) is 3.80. The molecule has 1 aromatic carbocycles. The number of fused-ring (bicyclic) bond motifs is 1. The van der Waals surface area contributed by atoms with E-state index in [1.54, 1.807) is 35.6 Å². The number of carbonyl (C=O) groups is 1. The number of hydrogen-bond acceptors (Lipinski definition) is 3. The number of nitriles is 1. The lowest BCUT2D eigenvalue weighted by atomic mass is 9.90. The van der Waals surface area contributed by atoms with E-state index in [4.69, 9.17) is 5.26 Å². The van der Waals surface area contributed by atoms with Crippen LogP contribution in [-0.4, -0.2) is 5.91 Å². The van der Waals surface area contributed by atoms with E-state index in [1.165, 1.54) is 16.9 Å². The van der Waals surface area contributed by atoms with Crippen LogP contribution in [0.5, 0.6) is 0 Å². The maximum Gasteiger partial charge on any atom is 0.265 e. The summed E-state index contributed by atoms with van der Waals surface area (Å²) in [5, 5.41) is 11.8. The summed E-state index contributed by atoms with van der Waals surface area (Å²) in [6, 6.07) is 11.1. The largest absolute Gasteiger partial charge is 0.321 e. The second kappa shape index (κ2) is 5.71. The number of hydrogen-bond donors (Lipinski definition) is 1. The predicted molar refractivity (Wildman–Crippen MR) is 84.6 cm³/mol. The molecule has 1 aromatic heterocycles. The smallest absolute Gasteiger partial charge is 0.265 e. The number of rotatable bonds is 2. The number of thiophene rings is 1. The maximum absolute atomic E-state index is 12.3. The molecule has 0 bridgehead atoms. The van der Waals surface area contributed by atoms with Gasteiger partial charge in [-0.2, -0.15) is 5.26 Å². The second-order valence-electron chi connectivity index (χ2n) is 5.55. The van der Waals surface area contributed by atoms with Crippen molar-refractivity contribution >= 4 is 22.9 Å². The molecule has 1 amide bonds. The van der Waals surface area contributed by atoms with Gasteiger partial charge in [-0.1, -0.05) is 13.0 Å². The van der Waals surface area contributed by atoms with Gasteiger partial charge in [0, 0.05) is 10.6 Å². The van der Waals surface area contributed by atoms with Crippen LogP contribution in [0, 0.1) is 17.2 Å². The van der Waals surface area contributed by atoms with Crippen molar-refractivity contribution in [3.05, 3.63) is 51.2 Å². The van der Waals surface area contributed by atoms with Crippen LogP contribution in [0.25, 0.3) is 0 Å². The third-order valence-corrected chi connectivity index (χ3v) is 5.04. The molecule has 0 aliphatic heterocycles. The molecule has 1 atom stereocenters. The van der Waals surface area contributed by atoms with Crippen molar-refractivity contribution in [2.24, 2.45) is 5.92 Å². The van der Waals surface area contributed by atoms with Crippen molar-refractivity contribution in [3.63, 3.8) is 0 Å². The Balaban J connectivity index is 1.78. The molecular weight excluding hydrogens is 280 g/mol. The lowest BCUT2D eigenvalue weighted by Gasteiger charge is -2.16. The average Bonchev–Trinajstić information content (AvgIpc) is 2.90. The summed E-state index contributed by atoms with van der Waals surface area (Å²) in [4.78, 5) is 14.4. The van der Waals surface area contributed by atoms with Crippen LogP contribution in [0.3, 0.4) is 0 Å². The van der Waals surface area contributed by atoms with Crippen molar-refractivity contribution in [2.75, 3.05) is 5.32 Å². The zero-order valence-electron chi connectivity index (χ0n) is 11.8. The Labute approximate surface area is 128 Å². The van der Waals surface area contributed by atoms with Gasteiger partial charge >= 0.3 is 0 Å². The lowest BCUT2D eigenvalue weighted by Crippen LogP contribution is -2.10. The van der Waals surface area contributed by atoms with Gasteiger partial charge in [-0.25, -0.2) is 0 Å². The number of benzene rings is 1. The molecule has 21 heavy (non-hydrogen) atoms. The van der Waals surface area contributed by atoms with Gasteiger partial charge in [0.2, 0.25) is 0 Å². The highest BCUT2D eigenvalue weighted by Gasteiger charge is 2.20. The second-order valence-corrected chi connectivity index (χ2v) is 6.69. The quantitative estimate of drug-likeness (QED) is 0.910. The van der Waals surface area contributed by atoms with E-state index >= 15 is 0 Å². The zero-order chi connectivity index (χ0) is 14.8. The Hall–Kier alpha value is -2.12. The molecular formula is C17H16N2OS. The summed E-state index contributed by atoms with van der Waals surface area (Å²) < 4.78 is 0. The Kier molecular flexibility index (Phi) is 3.76. The van der Waals surface area contributed by atoms with Crippen LogP contribution in [0.1, 0.15) is 39.0 Å². The van der Waals surface area contributed by atoms with Gasteiger partial charge in [0.05, 0.1) is 16.5 Å². The van der Waals surface area contributed by atoms with Crippen molar-refractivity contribution in [1.82, 2.24) is 0 Å². The molecule has 3 rings (SSSR count). The minimum absolute atomic E-state index is 0.0860. The van der Waals surface area contributed by atoms with Gasteiger partial charge < -0.3 is 5.32 Å². The topological polar surface area (TPSA) is 52.9 Å². The fourth-order valence-electron chi connectivity index (χ4n) is 2.68. The molecule has 106 valence electrons. The Morgan fingerprint density at radius 3 is 3.10 bits per heavy atom. The first kappa shape index (κ1) is 13.8. The van der Waals surface area contributed by atoms with E-state index in [0.717, 1.165) is 17.7 Å². The molecule has 0 spiro atoms. The fourth-order valence-corrected chi connectivity index (χ4v) is 3.78. The summed E-state index contributed by atoms with van der Waals surface area (Å²) in [5.74, 6) is 0.618. The Bertz CT molecular complexity index is 727. The Morgan fingerprint density at radius 2 is 2.29 bits per heavy atom. The molecule has 4 heteroatoms. The summed E-state index contributed by atoms with van der Waals surface area (Å²) >= 11 is 1.60. The average molecular weight is 296 g/mol. The van der Waals surface area contributed by atoms with Crippen molar-refractivity contribution in [1.29, 1.82) is 5.26 Å². The maximum atomic E-state index is 12.3. The van der Waals surface area contributed by atoms with Gasteiger partial charge in [-0.3, -0.25) is 4.79 Å². The fraction of sp³-hybridized carbons (Fsp3) is 0.294. The van der Waals surface area contributed by atoms with E-state index in [-0.39, 0.29) is 5.91 Å². The Morgan fingerprint density at radius 1 is 1.43 bits per heavy atom. The number of anilines is 1. The van der Waals surface area contributed by atoms with E-state index in [2.05, 4.69) is 18.3 Å². The molecule has 0 saturated carbocycles. The minimum Gasteiger partial charge on any atom is -0.321 e. The van der Waals surface area contributed by atoms with Gasteiger partial charge in [0.15, 0.2) is 0 Å². The summed E-state index contributed by atoms with van der Waals surface area (Å²) in [6.07, 6.45) is 3.36. The van der Waals surface area contributed by atoms with Crippen molar-refractivity contribution in [2.45, 2.75) is 26.2 Å². The summed E-state index contributed by atoms with van der Waals surface area (Å²) in [7, 11) is 0. The molecule has 1 aliphatic rings. The van der Waals surface area contributed by atoms with Crippen LogP contribution in [0.15, 0.2) is 30.3 Å². The van der Waals surface area contributed by atoms with Gasteiger partial charge in [0.25, 0.3) is 5.91 Å². The van der Waals surface area contributed by atoms with Gasteiger partial charge in [-0.05, 0) is 55.0 Å². The van der Waals surface area contributed by atoms with Crippen LogP contribution in [0.4, 0.5) is 5.69 Å². The van der Waals surface area contributed by atoms with Crippen molar-refractivity contribution in [3.8, 4) is 6.07 Å². The van der Waals surface area contributed by atoms with Crippen LogP contribution >= 0.6 is 11.3 Å². The normalized spacial score (nSPS) is 16.9. The number of carbonyl (C=O) groups excluding carboxylic acids is 1. The molecule has 1 N–H and O–H groups in total. The highest BCUT2D eigenvalue weighted by Crippen LogP contribution is 2.32. The van der Waals surface area contributed by atoms with Crippen LogP contribution < -0.4 is 5.32 Å². The predicted octanol–water partition coefficient (Wildman–Crippen LogP) is 4.00.